The first kappa shape index (κ1) is 76.5. The third-order valence-corrected chi connectivity index (χ3v) is 14.1. The summed E-state index contributed by atoms with van der Waals surface area (Å²) >= 11 is 0. The number of unbranched alkanes of at least 4 members (excludes halogenated alkanes) is 27. The van der Waals surface area contributed by atoms with Crippen LogP contribution >= 0.6 is 0 Å². The van der Waals surface area contributed by atoms with Crippen LogP contribution in [-0.4, -0.2) is 37.2 Å². The summed E-state index contributed by atoms with van der Waals surface area (Å²) < 4.78 is 16.9. The van der Waals surface area contributed by atoms with Gasteiger partial charge in [-0.05, 0) is 135 Å². The molecule has 0 saturated heterocycles. The first-order chi connectivity index (χ1) is 40.0. The minimum atomic E-state index is -0.802. The number of hydrogen-bond donors (Lipinski definition) is 0. The first-order valence-corrected chi connectivity index (χ1v) is 33.7. The van der Waals surface area contributed by atoms with Crippen molar-refractivity contribution in [2.45, 2.75) is 309 Å². The minimum absolute atomic E-state index is 0.0947. The van der Waals surface area contributed by atoms with Crippen molar-refractivity contribution in [3.8, 4) is 0 Å². The number of allylic oxidation sites excluding steroid dienone is 22. The third kappa shape index (κ3) is 66.2. The zero-order chi connectivity index (χ0) is 58.5. The molecule has 0 bridgehead atoms. The van der Waals surface area contributed by atoms with Gasteiger partial charge in [0.15, 0.2) is 6.10 Å². The summed E-state index contributed by atoms with van der Waals surface area (Å²) in [5, 5.41) is 0. The Morgan fingerprint density at radius 3 is 0.765 bits per heavy atom. The average Bonchev–Trinajstić information content (AvgIpc) is 3.46. The second kappa shape index (κ2) is 68.1. The molecule has 0 amide bonds. The van der Waals surface area contributed by atoms with Crippen LogP contribution in [0.15, 0.2) is 134 Å². The maximum atomic E-state index is 12.9. The van der Waals surface area contributed by atoms with Crippen LogP contribution in [-0.2, 0) is 28.6 Å². The summed E-state index contributed by atoms with van der Waals surface area (Å²) in [4.78, 5) is 38.3. The van der Waals surface area contributed by atoms with Crippen LogP contribution in [0.2, 0.25) is 0 Å². The fourth-order valence-corrected chi connectivity index (χ4v) is 9.14. The van der Waals surface area contributed by atoms with E-state index < -0.39 is 6.10 Å². The Hall–Kier alpha value is -4.45. The second-order valence-corrected chi connectivity index (χ2v) is 22.0. The van der Waals surface area contributed by atoms with Crippen molar-refractivity contribution in [2.75, 3.05) is 13.2 Å². The first-order valence-electron chi connectivity index (χ1n) is 33.7. The Balaban J connectivity index is 4.28. The zero-order valence-corrected chi connectivity index (χ0v) is 52.8. The van der Waals surface area contributed by atoms with Gasteiger partial charge < -0.3 is 14.2 Å². The Kier molecular flexibility index (Phi) is 64.3. The molecule has 0 aliphatic rings. The van der Waals surface area contributed by atoms with Gasteiger partial charge in [-0.15, -0.1) is 0 Å². The van der Waals surface area contributed by atoms with Gasteiger partial charge in [-0.3, -0.25) is 14.4 Å². The molecule has 0 heterocycles. The van der Waals surface area contributed by atoms with E-state index in [1.807, 2.05) is 0 Å². The van der Waals surface area contributed by atoms with Gasteiger partial charge >= 0.3 is 17.9 Å². The molecule has 0 aromatic carbocycles. The average molecular weight is 1120 g/mol. The number of esters is 3. The molecule has 0 aliphatic heterocycles. The highest BCUT2D eigenvalue weighted by Crippen LogP contribution is 2.16. The van der Waals surface area contributed by atoms with E-state index in [1.165, 1.54) is 122 Å². The molecule has 0 fully saturated rings. The molecular formula is C75H124O6. The number of hydrogen-bond acceptors (Lipinski definition) is 6. The highest BCUT2D eigenvalue weighted by Gasteiger charge is 2.19. The molecule has 1 unspecified atom stereocenters. The fourth-order valence-electron chi connectivity index (χ4n) is 9.14. The van der Waals surface area contributed by atoms with Crippen molar-refractivity contribution in [1.82, 2.24) is 0 Å². The molecule has 0 radical (unpaired) electrons. The summed E-state index contributed by atoms with van der Waals surface area (Å²) in [5.41, 5.74) is 0. The van der Waals surface area contributed by atoms with E-state index >= 15 is 0 Å². The molecule has 1 atom stereocenters. The quantitative estimate of drug-likeness (QED) is 0.0261. The van der Waals surface area contributed by atoms with Crippen molar-refractivity contribution < 1.29 is 28.6 Å². The van der Waals surface area contributed by atoms with Gasteiger partial charge in [-0.2, -0.15) is 0 Å². The van der Waals surface area contributed by atoms with E-state index in [9.17, 15) is 14.4 Å². The molecule has 0 aliphatic carbocycles. The van der Waals surface area contributed by atoms with Crippen molar-refractivity contribution in [2.24, 2.45) is 0 Å². The molecule has 0 saturated carbocycles. The van der Waals surface area contributed by atoms with Crippen LogP contribution in [0.4, 0.5) is 0 Å². The maximum Gasteiger partial charge on any atom is 0.306 e. The monoisotopic (exact) mass is 1120 g/mol. The van der Waals surface area contributed by atoms with Gasteiger partial charge in [-0.25, -0.2) is 0 Å². The summed E-state index contributed by atoms with van der Waals surface area (Å²) in [6, 6.07) is 0. The molecule has 6 heteroatoms. The summed E-state index contributed by atoms with van der Waals surface area (Å²) in [5.74, 6) is -0.933. The lowest BCUT2D eigenvalue weighted by molar-refractivity contribution is -0.167. The van der Waals surface area contributed by atoms with Gasteiger partial charge in [0.05, 0.1) is 0 Å². The van der Waals surface area contributed by atoms with E-state index in [0.29, 0.717) is 19.3 Å². The summed E-state index contributed by atoms with van der Waals surface area (Å²) in [6.07, 6.45) is 96.2. The maximum absolute atomic E-state index is 12.9. The van der Waals surface area contributed by atoms with Crippen LogP contribution in [0.1, 0.15) is 303 Å². The Bertz CT molecular complexity index is 1720. The Labute approximate surface area is 500 Å². The lowest BCUT2D eigenvalue weighted by atomic mass is 10.0. The van der Waals surface area contributed by atoms with Gasteiger partial charge in [0.2, 0.25) is 0 Å². The molecule has 0 spiro atoms. The standard InChI is InChI=1S/C75H124O6/c1-4-7-10-13-16-19-22-25-27-29-31-32-33-34-35-36-37-38-39-40-41-42-44-45-47-50-53-56-59-62-65-68-74(77)80-71-72(70-79-73(76)67-64-61-58-55-52-49-24-21-18-15-12-9-6-3)81-75(78)69-66-63-60-57-54-51-48-46-43-30-28-26-23-20-17-14-11-8-5-2/h7,9-10,12,16-21,25-28,31-32,34-35,43,46,49,52,72H,4-6,8,11,13-15,22-24,29-30,33,36-42,44-45,47-48,50-51,53-71H2,1-3H3/b10-7-,12-9-,19-16-,20-17-,21-18-,27-25-,28-26-,32-31-,35-34-,46-43-,52-49-. The highest BCUT2D eigenvalue weighted by molar-refractivity contribution is 5.71. The second-order valence-electron chi connectivity index (χ2n) is 22.0. The highest BCUT2D eigenvalue weighted by atomic mass is 16.6. The predicted octanol–water partition coefficient (Wildman–Crippen LogP) is 23.3. The number of carbonyl (C=O) groups excluding carboxylic acids is 3. The van der Waals surface area contributed by atoms with E-state index in [1.54, 1.807) is 0 Å². The summed E-state index contributed by atoms with van der Waals surface area (Å²) in [6.45, 7) is 6.36. The topological polar surface area (TPSA) is 78.9 Å². The number of rotatable bonds is 60. The minimum Gasteiger partial charge on any atom is -0.462 e. The molecular weight excluding hydrogens is 997 g/mol. The van der Waals surface area contributed by atoms with Crippen molar-refractivity contribution in [1.29, 1.82) is 0 Å². The largest absolute Gasteiger partial charge is 0.462 e. The molecule has 0 aromatic heterocycles. The van der Waals surface area contributed by atoms with Crippen molar-refractivity contribution in [3.05, 3.63) is 134 Å². The van der Waals surface area contributed by atoms with E-state index in [0.717, 1.165) is 141 Å². The lowest BCUT2D eigenvalue weighted by Gasteiger charge is -2.18. The van der Waals surface area contributed by atoms with Crippen molar-refractivity contribution in [3.63, 3.8) is 0 Å². The fraction of sp³-hybridized carbons (Fsp3) is 0.667. The Morgan fingerprint density at radius 2 is 0.481 bits per heavy atom. The van der Waals surface area contributed by atoms with E-state index in [4.69, 9.17) is 14.2 Å². The van der Waals surface area contributed by atoms with Gasteiger partial charge in [0, 0.05) is 19.3 Å². The molecule has 81 heavy (non-hydrogen) atoms. The van der Waals surface area contributed by atoms with Crippen LogP contribution < -0.4 is 0 Å². The van der Waals surface area contributed by atoms with Gasteiger partial charge in [0.1, 0.15) is 13.2 Å². The Morgan fingerprint density at radius 1 is 0.259 bits per heavy atom. The SMILES string of the molecule is CC/C=C\C/C=C\C/C=C\C/C=C\C/C=C\CCCCCCCCCCCCCCCCCC(=O)OCC(COC(=O)CCCCC/C=C\C/C=C\C/C=C\CC)OC(=O)CCCCCCCC/C=C\C/C=C\C/C=C\CCCCC. The molecule has 0 aromatic rings. The third-order valence-electron chi connectivity index (χ3n) is 14.1. The predicted molar refractivity (Wildman–Crippen MR) is 353 cm³/mol. The molecule has 460 valence electrons. The van der Waals surface area contributed by atoms with Gasteiger partial charge in [0.25, 0.3) is 0 Å². The summed E-state index contributed by atoms with van der Waals surface area (Å²) in [7, 11) is 0. The van der Waals surface area contributed by atoms with Crippen molar-refractivity contribution >= 4 is 17.9 Å². The number of carbonyl (C=O) groups is 3. The lowest BCUT2D eigenvalue weighted by Crippen LogP contribution is -2.30. The van der Waals surface area contributed by atoms with Crippen LogP contribution in [0.25, 0.3) is 0 Å². The zero-order valence-electron chi connectivity index (χ0n) is 52.8. The van der Waals surface area contributed by atoms with Gasteiger partial charge in [-0.1, -0.05) is 283 Å². The molecule has 0 N–H and O–H groups in total. The van der Waals surface area contributed by atoms with E-state index in [-0.39, 0.29) is 31.1 Å². The molecule has 6 nitrogen and oxygen atoms in total. The van der Waals surface area contributed by atoms with Crippen LogP contribution in [0.5, 0.6) is 0 Å². The smallest absolute Gasteiger partial charge is 0.306 e. The molecule has 0 rings (SSSR count). The normalized spacial score (nSPS) is 13.0. The number of ether oxygens (including phenoxy) is 3. The van der Waals surface area contributed by atoms with E-state index in [2.05, 4.69) is 154 Å². The van der Waals surface area contributed by atoms with Crippen LogP contribution in [0, 0.1) is 0 Å². The van der Waals surface area contributed by atoms with Crippen LogP contribution in [0.3, 0.4) is 0 Å².